The van der Waals surface area contributed by atoms with Crippen molar-refractivity contribution in [2.24, 2.45) is 0 Å². The molecular formula is C13H7N3S. The van der Waals surface area contributed by atoms with Gasteiger partial charge in [0.2, 0.25) is 5.82 Å². The second-order valence-corrected chi connectivity index (χ2v) is 4.40. The van der Waals surface area contributed by atoms with Crippen LogP contribution >= 0.6 is 11.3 Å². The Bertz CT molecular complexity index is 710. The first-order valence-corrected chi connectivity index (χ1v) is 5.96. The number of thiophene rings is 1. The van der Waals surface area contributed by atoms with Crippen LogP contribution in [0, 0.1) is 11.3 Å². The van der Waals surface area contributed by atoms with Crippen LogP contribution in [-0.2, 0) is 0 Å². The van der Waals surface area contributed by atoms with Gasteiger partial charge in [-0.2, -0.15) is 5.26 Å². The molecule has 0 N–H and O–H groups in total. The summed E-state index contributed by atoms with van der Waals surface area (Å²) in [6.45, 7) is 0. The van der Waals surface area contributed by atoms with Gasteiger partial charge in [0.25, 0.3) is 0 Å². The van der Waals surface area contributed by atoms with Gasteiger partial charge in [0.05, 0.1) is 0 Å². The first kappa shape index (κ1) is 9.94. The molecule has 0 aliphatic heterocycles. The Morgan fingerprint density at radius 2 is 2.00 bits per heavy atom. The minimum atomic E-state index is 0.221. The van der Waals surface area contributed by atoms with Gasteiger partial charge in [0.15, 0.2) is 0 Å². The Labute approximate surface area is 102 Å². The lowest BCUT2D eigenvalue weighted by molar-refractivity contribution is 1.17. The monoisotopic (exact) mass is 237 g/mol. The van der Waals surface area contributed by atoms with Gasteiger partial charge < -0.3 is 0 Å². The maximum atomic E-state index is 8.75. The van der Waals surface area contributed by atoms with Gasteiger partial charge in [-0.3, -0.25) is 0 Å². The molecule has 0 saturated carbocycles. The molecule has 17 heavy (non-hydrogen) atoms. The van der Waals surface area contributed by atoms with Crippen molar-refractivity contribution < 1.29 is 0 Å². The fourth-order valence-corrected chi connectivity index (χ4v) is 2.64. The summed E-state index contributed by atoms with van der Waals surface area (Å²) in [5.41, 5.74) is 2.27. The molecule has 0 spiro atoms. The van der Waals surface area contributed by atoms with E-state index in [1.807, 2.05) is 24.3 Å². The number of nitrogens with zero attached hydrogens (tertiary/aromatic N) is 3. The number of benzene rings is 1. The van der Waals surface area contributed by atoms with Crippen LogP contribution < -0.4 is 0 Å². The van der Waals surface area contributed by atoms with Crippen LogP contribution in [0.3, 0.4) is 0 Å². The van der Waals surface area contributed by atoms with Crippen LogP contribution in [0.5, 0.6) is 0 Å². The summed E-state index contributed by atoms with van der Waals surface area (Å²) >= 11 is 1.54. The molecule has 0 radical (unpaired) electrons. The van der Waals surface area contributed by atoms with Gasteiger partial charge in [0, 0.05) is 22.5 Å². The molecule has 1 aromatic carbocycles. The smallest absolute Gasteiger partial charge is 0.227 e. The van der Waals surface area contributed by atoms with Gasteiger partial charge in [-0.1, -0.05) is 30.3 Å². The first-order valence-electron chi connectivity index (χ1n) is 5.08. The van der Waals surface area contributed by atoms with Gasteiger partial charge in [0.1, 0.15) is 10.9 Å². The predicted octanol–water partition coefficient (Wildman–Crippen LogP) is 3.23. The highest BCUT2D eigenvalue weighted by atomic mass is 32.1. The van der Waals surface area contributed by atoms with Crippen LogP contribution in [0.15, 0.2) is 41.9 Å². The molecule has 0 atom stereocenters. The lowest BCUT2D eigenvalue weighted by Gasteiger charge is -1.98. The molecule has 3 nitrogen and oxygen atoms in total. The lowest BCUT2D eigenvalue weighted by Crippen LogP contribution is -1.86. The van der Waals surface area contributed by atoms with Crippen LogP contribution in [0.2, 0.25) is 0 Å². The Hall–Kier alpha value is -2.25. The van der Waals surface area contributed by atoms with Gasteiger partial charge in [-0.25, -0.2) is 9.97 Å². The van der Waals surface area contributed by atoms with Crippen molar-refractivity contribution >= 4 is 21.6 Å². The van der Waals surface area contributed by atoms with Crippen molar-refractivity contribution in [3.05, 3.63) is 47.7 Å². The van der Waals surface area contributed by atoms with Crippen molar-refractivity contribution in [2.45, 2.75) is 0 Å². The van der Waals surface area contributed by atoms with Crippen molar-refractivity contribution in [3.8, 4) is 17.2 Å². The Morgan fingerprint density at radius 3 is 2.76 bits per heavy atom. The molecule has 0 aliphatic carbocycles. The minimum Gasteiger partial charge on any atom is -0.227 e. The standard InChI is InChI=1S/C13H7N3S/c14-6-12-15-7-10-11(8-17-13(10)16-12)9-4-2-1-3-5-9/h1-5,7-8H. The third-order valence-electron chi connectivity index (χ3n) is 2.52. The zero-order chi connectivity index (χ0) is 11.7. The van der Waals surface area contributed by atoms with E-state index in [0.29, 0.717) is 0 Å². The summed E-state index contributed by atoms with van der Waals surface area (Å²) in [6.07, 6.45) is 1.72. The highest BCUT2D eigenvalue weighted by molar-refractivity contribution is 7.17. The van der Waals surface area contributed by atoms with Crippen molar-refractivity contribution in [2.75, 3.05) is 0 Å². The topological polar surface area (TPSA) is 49.6 Å². The van der Waals surface area contributed by atoms with E-state index in [4.69, 9.17) is 5.26 Å². The molecule has 80 valence electrons. The summed E-state index contributed by atoms with van der Waals surface area (Å²) in [5.74, 6) is 0.221. The Morgan fingerprint density at radius 1 is 1.18 bits per heavy atom. The van der Waals surface area contributed by atoms with E-state index in [0.717, 1.165) is 21.3 Å². The van der Waals surface area contributed by atoms with Crippen molar-refractivity contribution in [3.63, 3.8) is 0 Å². The third kappa shape index (κ3) is 1.67. The van der Waals surface area contributed by atoms with Crippen molar-refractivity contribution in [1.82, 2.24) is 9.97 Å². The van der Waals surface area contributed by atoms with Crippen LogP contribution in [-0.4, -0.2) is 9.97 Å². The third-order valence-corrected chi connectivity index (χ3v) is 3.41. The van der Waals surface area contributed by atoms with E-state index < -0.39 is 0 Å². The average Bonchev–Trinajstić information content (AvgIpc) is 2.82. The second kappa shape index (κ2) is 3.96. The fraction of sp³-hybridized carbons (Fsp3) is 0. The number of fused-ring (bicyclic) bond motifs is 1. The molecule has 0 saturated heterocycles. The Kier molecular flexibility index (Phi) is 2.32. The molecule has 0 bridgehead atoms. The maximum absolute atomic E-state index is 8.75. The summed E-state index contributed by atoms with van der Waals surface area (Å²) in [7, 11) is 0. The predicted molar refractivity (Wildman–Crippen MR) is 67.6 cm³/mol. The fourth-order valence-electron chi connectivity index (χ4n) is 1.71. The SMILES string of the molecule is N#Cc1ncc2c(-c3ccccc3)csc2n1. The number of rotatable bonds is 1. The molecular weight excluding hydrogens is 230 g/mol. The average molecular weight is 237 g/mol. The van der Waals surface area contributed by atoms with E-state index in [-0.39, 0.29) is 5.82 Å². The molecule has 4 heteroatoms. The minimum absolute atomic E-state index is 0.221. The Balaban J connectivity index is 2.23. The van der Waals surface area contributed by atoms with E-state index in [2.05, 4.69) is 27.5 Å². The van der Waals surface area contributed by atoms with Crippen molar-refractivity contribution in [1.29, 1.82) is 5.26 Å². The molecule has 2 heterocycles. The van der Waals surface area contributed by atoms with E-state index in [9.17, 15) is 0 Å². The molecule has 3 aromatic rings. The number of nitriles is 1. The van der Waals surface area contributed by atoms with Crippen LogP contribution in [0.4, 0.5) is 0 Å². The molecule has 0 fully saturated rings. The quantitative estimate of drug-likeness (QED) is 0.652. The molecule has 0 aliphatic rings. The highest BCUT2D eigenvalue weighted by Gasteiger charge is 2.08. The summed E-state index contributed by atoms with van der Waals surface area (Å²) in [5, 5.41) is 11.8. The molecule has 0 unspecified atom stereocenters. The largest absolute Gasteiger partial charge is 0.233 e. The number of hydrogen-bond acceptors (Lipinski definition) is 4. The lowest BCUT2D eigenvalue weighted by atomic mass is 10.1. The molecule has 2 aromatic heterocycles. The van der Waals surface area contributed by atoms with E-state index >= 15 is 0 Å². The second-order valence-electron chi connectivity index (χ2n) is 3.54. The van der Waals surface area contributed by atoms with Crippen LogP contribution in [0.25, 0.3) is 21.3 Å². The van der Waals surface area contributed by atoms with E-state index in [1.54, 1.807) is 6.20 Å². The van der Waals surface area contributed by atoms with E-state index in [1.165, 1.54) is 11.3 Å². The van der Waals surface area contributed by atoms with Gasteiger partial charge in [-0.15, -0.1) is 11.3 Å². The molecule has 3 rings (SSSR count). The van der Waals surface area contributed by atoms with Crippen LogP contribution in [0.1, 0.15) is 5.82 Å². The molecule has 0 amide bonds. The summed E-state index contributed by atoms with van der Waals surface area (Å²) in [6, 6.07) is 12.1. The summed E-state index contributed by atoms with van der Waals surface area (Å²) in [4.78, 5) is 9.06. The maximum Gasteiger partial charge on any atom is 0.233 e. The highest BCUT2D eigenvalue weighted by Crippen LogP contribution is 2.32. The normalized spacial score (nSPS) is 10.3. The number of aromatic nitrogens is 2. The first-order chi connectivity index (χ1) is 8.38. The number of hydrogen-bond donors (Lipinski definition) is 0. The summed E-state index contributed by atoms with van der Waals surface area (Å²) < 4.78 is 0. The van der Waals surface area contributed by atoms with Gasteiger partial charge in [-0.05, 0) is 5.56 Å². The van der Waals surface area contributed by atoms with Gasteiger partial charge >= 0.3 is 0 Å². The zero-order valence-corrected chi connectivity index (χ0v) is 9.61. The zero-order valence-electron chi connectivity index (χ0n) is 8.79.